The number of hydrogen-bond acceptors (Lipinski definition) is 3. The number of methoxy groups -OCH3 is 2. The van der Waals surface area contributed by atoms with Crippen LogP contribution in [0, 0.1) is 0 Å². The standard InChI is InChI=1S/C15H13Cl2NO3/c1-20-10-4-6-14(21-2)9(7-10)3-5-13(19)12-8-11(16)15(17)18-12/h3-8,18H,1-2H3/b5-3+. The molecule has 1 aromatic heterocycles. The Labute approximate surface area is 132 Å². The molecule has 0 spiro atoms. The van der Waals surface area contributed by atoms with Crippen molar-refractivity contribution in [3.63, 3.8) is 0 Å². The van der Waals surface area contributed by atoms with Gasteiger partial charge in [-0.25, -0.2) is 0 Å². The first kappa shape index (κ1) is 15.5. The lowest BCUT2D eigenvalue weighted by atomic mass is 10.1. The maximum absolute atomic E-state index is 12.0. The average molecular weight is 326 g/mol. The van der Waals surface area contributed by atoms with Gasteiger partial charge in [-0.3, -0.25) is 4.79 Å². The van der Waals surface area contributed by atoms with E-state index in [1.807, 2.05) is 0 Å². The van der Waals surface area contributed by atoms with Crippen LogP contribution in [0.4, 0.5) is 0 Å². The number of nitrogens with one attached hydrogen (secondary N) is 1. The molecule has 0 amide bonds. The van der Waals surface area contributed by atoms with Crippen molar-refractivity contribution in [2.24, 2.45) is 0 Å². The van der Waals surface area contributed by atoms with Gasteiger partial charge in [-0.05, 0) is 36.4 Å². The van der Waals surface area contributed by atoms with Crippen LogP contribution in [0.15, 0.2) is 30.3 Å². The fraction of sp³-hybridized carbons (Fsp3) is 0.133. The smallest absolute Gasteiger partial charge is 0.202 e. The van der Waals surface area contributed by atoms with Crippen LogP contribution in [0.25, 0.3) is 6.08 Å². The molecule has 2 rings (SSSR count). The Balaban J connectivity index is 2.26. The molecule has 1 N–H and O–H groups in total. The van der Waals surface area contributed by atoms with Gasteiger partial charge in [0.25, 0.3) is 0 Å². The molecule has 6 heteroatoms. The van der Waals surface area contributed by atoms with E-state index in [0.29, 0.717) is 22.2 Å². The number of rotatable bonds is 5. The Bertz CT molecular complexity index is 673. The molecule has 1 heterocycles. The first-order valence-corrected chi connectivity index (χ1v) is 6.79. The minimum Gasteiger partial charge on any atom is -0.497 e. The van der Waals surface area contributed by atoms with Crippen LogP contribution < -0.4 is 9.47 Å². The van der Waals surface area contributed by atoms with Gasteiger partial charge in [0.1, 0.15) is 16.7 Å². The maximum Gasteiger partial charge on any atom is 0.202 e. The highest BCUT2D eigenvalue weighted by molar-refractivity contribution is 6.41. The first-order chi connectivity index (χ1) is 10.0. The molecule has 0 saturated carbocycles. The normalized spacial score (nSPS) is 10.9. The topological polar surface area (TPSA) is 51.3 Å². The van der Waals surface area contributed by atoms with Gasteiger partial charge >= 0.3 is 0 Å². The number of benzene rings is 1. The summed E-state index contributed by atoms with van der Waals surface area (Å²) in [7, 11) is 3.13. The van der Waals surface area contributed by atoms with Crippen LogP contribution >= 0.6 is 23.2 Å². The monoisotopic (exact) mass is 325 g/mol. The van der Waals surface area contributed by atoms with Gasteiger partial charge in [-0.2, -0.15) is 0 Å². The van der Waals surface area contributed by atoms with Crippen molar-refractivity contribution < 1.29 is 14.3 Å². The molecule has 0 atom stereocenters. The number of ketones is 1. The molecule has 0 aliphatic rings. The van der Waals surface area contributed by atoms with Gasteiger partial charge in [0.05, 0.1) is 24.9 Å². The van der Waals surface area contributed by atoms with Crippen LogP contribution in [0.2, 0.25) is 10.2 Å². The van der Waals surface area contributed by atoms with Gasteiger partial charge in [-0.1, -0.05) is 23.2 Å². The number of ether oxygens (including phenoxy) is 2. The zero-order chi connectivity index (χ0) is 15.4. The number of hydrogen-bond donors (Lipinski definition) is 1. The Hall–Kier alpha value is -1.91. The summed E-state index contributed by atoms with van der Waals surface area (Å²) >= 11 is 11.6. The molecule has 0 saturated heterocycles. The quantitative estimate of drug-likeness (QED) is 0.661. The van der Waals surface area contributed by atoms with Crippen molar-refractivity contribution >= 4 is 35.1 Å². The highest BCUT2D eigenvalue weighted by Gasteiger charge is 2.09. The molecule has 0 aliphatic heterocycles. The van der Waals surface area contributed by atoms with Crippen molar-refractivity contribution in [1.29, 1.82) is 0 Å². The van der Waals surface area contributed by atoms with Crippen molar-refractivity contribution in [3.8, 4) is 11.5 Å². The molecular weight excluding hydrogens is 313 g/mol. The molecule has 0 radical (unpaired) electrons. The molecule has 0 fully saturated rings. The van der Waals surface area contributed by atoms with Crippen molar-refractivity contribution in [1.82, 2.24) is 4.98 Å². The largest absolute Gasteiger partial charge is 0.497 e. The summed E-state index contributed by atoms with van der Waals surface area (Å²) in [6.45, 7) is 0. The third-order valence-electron chi connectivity index (χ3n) is 2.84. The summed E-state index contributed by atoms with van der Waals surface area (Å²) in [4.78, 5) is 14.7. The summed E-state index contributed by atoms with van der Waals surface area (Å²) in [6.07, 6.45) is 3.06. The number of carbonyl (C=O) groups is 1. The van der Waals surface area contributed by atoms with E-state index in [-0.39, 0.29) is 10.9 Å². The van der Waals surface area contributed by atoms with Crippen LogP contribution in [0.1, 0.15) is 16.1 Å². The molecular formula is C15H13Cl2NO3. The fourth-order valence-corrected chi connectivity index (χ4v) is 2.07. The number of aromatic nitrogens is 1. The number of allylic oxidation sites excluding steroid dienone is 1. The number of aromatic amines is 1. The molecule has 0 unspecified atom stereocenters. The van der Waals surface area contributed by atoms with E-state index < -0.39 is 0 Å². The zero-order valence-corrected chi connectivity index (χ0v) is 13.0. The third-order valence-corrected chi connectivity index (χ3v) is 3.53. The SMILES string of the molecule is COc1ccc(OC)c(/C=C/C(=O)c2cc(Cl)c(Cl)[nH]2)c1. The minimum atomic E-state index is -0.242. The van der Waals surface area contributed by atoms with E-state index >= 15 is 0 Å². The number of halogens is 2. The second-order valence-corrected chi connectivity index (χ2v) is 4.94. The van der Waals surface area contributed by atoms with E-state index in [4.69, 9.17) is 32.7 Å². The Morgan fingerprint density at radius 2 is 1.95 bits per heavy atom. The lowest BCUT2D eigenvalue weighted by Gasteiger charge is -2.06. The first-order valence-electron chi connectivity index (χ1n) is 6.03. The third kappa shape index (κ3) is 3.60. The Morgan fingerprint density at radius 3 is 2.52 bits per heavy atom. The van der Waals surface area contributed by atoms with Crippen molar-refractivity contribution in [2.45, 2.75) is 0 Å². The zero-order valence-electron chi connectivity index (χ0n) is 11.4. The van der Waals surface area contributed by atoms with Crippen LogP contribution in [-0.2, 0) is 0 Å². The van der Waals surface area contributed by atoms with E-state index in [1.165, 1.54) is 12.1 Å². The fourth-order valence-electron chi connectivity index (χ4n) is 1.76. The summed E-state index contributed by atoms with van der Waals surface area (Å²) in [5.41, 5.74) is 1.05. The second-order valence-electron chi connectivity index (χ2n) is 4.15. The number of H-pyrrole nitrogens is 1. The summed E-state index contributed by atoms with van der Waals surface area (Å²) < 4.78 is 10.4. The van der Waals surface area contributed by atoms with E-state index in [2.05, 4.69) is 4.98 Å². The van der Waals surface area contributed by atoms with Gasteiger partial charge in [-0.15, -0.1) is 0 Å². The van der Waals surface area contributed by atoms with Gasteiger partial charge < -0.3 is 14.5 Å². The summed E-state index contributed by atoms with van der Waals surface area (Å²) in [6, 6.07) is 6.81. The van der Waals surface area contributed by atoms with Crippen LogP contribution in [-0.4, -0.2) is 25.0 Å². The predicted octanol–water partition coefficient (Wildman–Crippen LogP) is 4.23. The lowest BCUT2D eigenvalue weighted by Crippen LogP contribution is -1.94. The minimum absolute atomic E-state index is 0.242. The van der Waals surface area contributed by atoms with Crippen LogP contribution in [0.3, 0.4) is 0 Å². The Kier molecular flexibility index (Phi) is 4.94. The summed E-state index contributed by atoms with van der Waals surface area (Å²) in [5.74, 6) is 1.07. The molecule has 110 valence electrons. The number of carbonyl (C=O) groups excluding carboxylic acids is 1. The van der Waals surface area contributed by atoms with E-state index in [0.717, 1.165) is 5.56 Å². The molecule has 0 aliphatic carbocycles. The maximum atomic E-state index is 12.0. The highest BCUT2D eigenvalue weighted by atomic mass is 35.5. The van der Waals surface area contributed by atoms with Crippen molar-refractivity contribution in [2.75, 3.05) is 14.2 Å². The summed E-state index contributed by atoms with van der Waals surface area (Å²) in [5, 5.41) is 0.555. The van der Waals surface area contributed by atoms with Gasteiger partial charge in [0.15, 0.2) is 0 Å². The van der Waals surface area contributed by atoms with E-state index in [9.17, 15) is 4.79 Å². The molecule has 21 heavy (non-hydrogen) atoms. The highest BCUT2D eigenvalue weighted by Crippen LogP contribution is 2.26. The van der Waals surface area contributed by atoms with Crippen molar-refractivity contribution in [3.05, 3.63) is 51.8 Å². The Morgan fingerprint density at radius 1 is 1.19 bits per heavy atom. The van der Waals surface area contributed by atoms with Gasteiger partial charge in [0.2, 0.25) is 5.78 Å². The molecule has 4 nitrogen and oxygen atoms in total. The second kappa shape index (κ2) is 6.70. The lowest BCUT2D eigenvalue weighted by molar-refractivity contribution is 0.104. The molecule has 0 bridgehead atoms. The predicted molar refractivity (Wildman–Crippen MR) is 83.7 cm³/mol. The van der Waals surface area contributed by atoms with Gasteiger partial charge in [0, 0.05) is 5.56 Å². The molecule has 2 aromatic rings. The molecule has 1 aromatic carbocycles. The average Bonchev–Trinajstić information content (AvgIpc) is 2.84. The van der Waals surface area contributed by atoms with Crippen LogP contribution in [0.5, 0.6) is 11.5 Å². The van der Waals surface area contributed by atoms with E-state index in [1.54, 1.807) is 38.5 Å².